The molecular weight excluding hydrogens is 210 g/mol. The van der Waals surface area contributed by atoms with E-state index < -0.39 is 0 Å². The predicted octanol–water partition coefficient (Wildman–Crippen LogP) is 2.77. The highest BCUT2D eigenvalue weighted by atomic mass is 15.2. The lowest BCUT2D eigenvalue weighted by atomic mass is 9.81. The first-order valence-corrected chi connectivity index (χ1v) is 6.65. The quantitative estimate of drug-likeness (QED) is 0.790. The van der Waals surface area contributed by atoms with Crippen molar-refractivity contribution in [2.45, 2.75) is 53.0 Å². The number of aromatic nitrogens is 2. The normalized spacial score (nSPS) is 13.9. The highest BCUT2D eigenvalue weighted by molar-refractivity contribution is 5.00. The average molecular weight is 237 g/mol. The Morgan fingerprint density at radius 3 is 2.71 bits per heavy atom. The molecule has 0 spiro atoms. The number of nitrogens with one attached hydrogen (secondary N) is 1. The Labute approximate surface area is 106 Å². The van der Waals surface area contributed by atoms with Gasteiger partial charge in [-0.05, 0) is 44.2 Å². The third-order valence-corrected chi connectivity index (χ3v) is 3.39. The van der Waals surface area contributed by atoms with Crippen LogP contribution in [0.15, 0.2) is 12.3 Å². The first-order chi connectivity index (χ1) is 7.94. The standard InChI is InChI=1S/C14H27N3/c1-6-15-12(2)11-14(3,4)9-7-13-8-10-16-17(13)5/h8,10,12,15H,6-7,9,11H2,1-5H3. The smallest absolute Gasteiger partial charge is 0.0492 e. The molecular formula is C14H27N3. The van der Waals surface area contributed by atoms with E-state index in [1.165, 1.54) is 18.5 Å². The minimum absolute atomic E-state index is 0.381. The van der Waals surface area contributed by atoms with Crippen LogP contribution in [0.25, 0.3) is 0 Å². The number of hydrogen-bond donors (Lipinski definition) is 1. The highest BCUT2D eigenvalue weighted by Gasteiger charge is 2.21. The van der Waals surface area contributed by atoms with Gasteiger partial charge in [-0.25, -0.2) is 0 Å². The molecule has 1 heterocycles. The molecule has 1 aromatic rings. The zero-order chi connectivity index (χ0) is 12.9. The van der Waals surface area contributed by atoms with Crippen LogP contribution < -0.4 is 5.32 Å². The molecule has 1 N–H and O–H groups in total. The Kier molecular flexibility index (Phi) is 5.19. The average Bonchev–Trinajstić information content (AvgIpc) is 2.60. The summed E-state index contributed by atoms with van der Waals surface area (Å²) in [7, 11) is 2.02. The first kappa shape index (κ1) is 14.2. The number of aryl methyl sites for hydroxylation is 2. The van der Waals surface area contributed by atoms with Gasteiger partial charge in [-0.3, -0.25) is 4.68 Å². The van der Waals surface area contributed by atoms with Crippen molar-refractivity contribution in [3.05, 3.63) is 18.0 Å². The van der Waals surface area contributed by atoms with Gasteiger partial charge >= 0.3 is 0 Å². The number of nitrogens with zero attached hydrogens (tertiary/aromatic N) is 2. The summed E-state index contributed by atoms with van der Waals surface area (Å²) in [5, 5.41) is 7.70. The lowest BCUT2D eigenvalue weighted by molar-refractivity contribution is 0.268. The molecule has 0 bridgehead atoms. The Bertz CT molecular complexity index is 328. The fourth-order valence-electron chi connectivity index (χ4n) is 2.46. The summed E-state index contributed by atoms with van der Waals surface area (Å²) in [5.41, 5.74) is 1.71. The van der Waals surface area contributed by atoms with Crippen LogP contribution in [0.2, 0.25) is 0 Å². The number of hydrogen-bond acceptors (Lipinski definition) is 2. The second-order valence-electron chi connectivity index (χ2n) is 5.77. The summed E-state index contributed by atoms with van der Waals surface area (Å²) in [5.74, 6) is 0. The monoisotopic (exact) mass is 237 g/mol. The molecule has 3 nitrogen and oxygen atoms in total. The third kappa shape index (κ3) is 4.90. The minimum atomic E-state index is 0.381. The molecule has 1 atom stereocenters. The molecule has 0 aliphatic rings. The van der Waals surface area contributed by atoms with Gasteiger partial charge in [-0.1, -0.05) is 20.8 Å². The maximum atomic E-state index is 4.21. The van der Waals surface area contributed by atoms with Crippen LogP contribution in [0, 0.1) is 5.41 Å². The highest BCUT2D eigenvalue weighted by Crippen LogP contribution is 2.28. The Morgan fingerprint density at radius 2 is 2.18 bits per heavy atom. The van der Waals surface area contributed by atoms with Gasteiger partial charge in [0, 0.05) is 25.0 Å². The minimum Gasteiger partial charge on any atom is -0.315 e. The summed E-state index contributed by atoms with van der Waals surface area (Å²) < 4.78 is 1.98. The van der Waals surface area contributed by atoms with Crippen molar-refractivity contribution in [1.82, 2.24) is 15.1 Å². The van der Waals surface area contributed by atoms with Gasteiger partial charge in [-0.2, -0.15) is 5.10 Å². The van der Waals surface area contributed by atoms with E-state index in [9.17, 15) is 0 Å². The second kappa shape index (κ2) is 6.20. The molecule has 0 aliphatic heterocycles. The van der Waals surface area contributed by atoms with Crippen LogP contribution in [-0.2, 0) is 13.5 Å². The van der Waals surface area contributed by atoms with E-state index in [2.05, 4.69) is 44.2 Å². The fraction of sp³-hybridized carbons (Fsp3) is 0.786. The summed E-state index contributed by atoms with van der Waals surface area (Å²) in [6.07, 6.45) is 5.42. The molecule has 0 radical (unpaired) electrons. The summed E-state index contributed by atoms with van der Waals surface area (Å²) in [6, 6.07) is 2.71. The van der Waals surface area contributed by atoms with Gasteiger partial charge in [0.15, 0.2) is 0 Å². The maximum absolute atomic E-state index is 4.21. The van der Waals surface area contributed by atoms with E-state index in [-0.39, 0.29) is 0 Å². The molecule has 3 heteroatoms. The Morgan fingerprint density at radius 1 is 1.47 bits per heavy atom. The van der Waals surface area contributed by atoms with Crippen LogP contribution in [-0.4, -0.2) is 22.4 Å². The van der Waals surface area contributed by atoms with Crippen molar-refractivity contribution in [2.24, 2.45) is 12.5 Å². The third-order valence-electron chi connectivity index (χ3n) is 3.39. The van der Waals surface area contributed by atoms with Crippen molar-refractivity contribution < 1.29 is 0 Å². The van der Waals surface area contributed by atoms with Crippen LogP contribution in [0.5, 0.6) is 0 Å². The van der Waals surface area contributed by atoms with Crippen molar-refractivity contribution in [3.8, 4) is 0 Å². The molecule has 0 saturated heterocycles. The molecule has 1 rings (SSSR count). The van der Waals surface area contributed by atoms with Crippen molar-refractivity contribution in [1.29, 1.82) is 0 Å². The zero-order valence-corrected chi connectivity index (χ0v) is 12.0. The Hall–Kier alpha value is -0.830. The SMILES string of the molecule is CCNC(C)CC(C)(C)CCc1ccnn1C. The van der Waals surface area contributed by atoms with Gasteiger partial charge in [0.25, 0.3) is 0 Å². The molecule has 0 fully saturated rings. The fourth-order valence-corrected chi connectivity index (χ4v) is 2.46. The van der Waals surface area contributed by atoms with E-state index >= 15 is 0 Å². The topological polar surface area (TPSA) is 29.9 Å². The van der Waals surface area contributed by atoms with E-state index in [1.807, 2.05) is 17.9 Å². The molecule has 1 unspecified atom stereocenters. The van der Waals surface area contributed by atoms with Gasteiger partial charge < -0.3 is 5.32 Å². The molecule has 0 aliphatic carbocycles. The van der Waals surface area contributed by atoms with Crippen molar-refractivity contribution in [3.63, 3.8) is 0 Å². The largest absolute Gasteiger partial charge is 0.315 e. The van der Waals surface area contributed by atoms with E-state index in [0.29, 0.717) is 11.5 Å². The van der Waals surface area contributed by atoms with Gasteiger partial charge in [0.05, 0.1) is 0 Å². The molecule has 0 saturated carbocycles. The molecule has 98 valence electrons. The summed E-state index contributed by atoms with van der Waals surface area (Å²) in [6.45, 7) is 10.2. The van der Waals surface area contributed by atoms with Crippen LogP contribution >= 0.6 is 0 Å². The lowest BCUT2D eigenvalue weighted by Gasteiger charge is -2.28. The molecule has 0 aromatic carbocycles. The maximum Gasteiger partial charge on any atom is 0.0492 e. The lowest BCUT2D eigenvalue weighted by Crippen LogP contribution is -2.31. The van der Waals surface area contributed by atoms with Crippen molar-refractivity contribution in [2.75, 3.05) is 6.54 Å². The van der Waals surface area contributed by atoms with Crippen molar-refractivity contribution >= 4 is 0 Å². The zero-order valence-electron chi connectivity index (χ0n) is 12.0. The van der Waals surface area contributed by atoms with Crippen LogP contribution in [0.4, 0.5) is 0 Å². The van der Waals surface area contributed by atoms with Crippen LogP contribution in [0.3, 0.4) is 0 Å². The van der Waals surface area contributed by atoms with Gasteiger partial charge in [0.1, 0.15) is 0 Å². The van der Waals surface area contributed by atoms with E-state index in [0.717, 1.165) is 13.0 Å². The van der Waals surface area contributed by atoms with E-state index in [1.54, 1.807) is 0 Å². The summed E-state index contributed by atoms with van der Waals surface area (Å²) >= 11 is 0. The first-order valence-electron chi connectivity index (χ1n) is 6.65. The van der Waals surface area contributed by atoms with Gasteiger partial charge in [0.2, 0.25) is 0 Å². The van der Waals surface area contributed by atoms with Gasteiger partial charge in [-0.15, -0.1) is 0 Å². The van der Waals surface area contributed by atoms with Crippen LogP contribution in [0.1, 0.15) is 46.2 Å². The number of rotatable bonds is 7. The predicted molar refractivity (Wildman–Crippen MR) is 73.1 cm³/mol. The molecule has 17 heavy (non-hydrogen) atoms. The second-order valence-corrected chi connectivity index (χ2v) is 5.77. The van der Waals surface area contributed by atoms with E-state index in [4.69, 9.17) is 0 Å². The molecule has 0 amide bonds. The molecule has 1 aromatic heterocycles. The Balaban J connectivity index is 2.41. The summed E-state index contributed by atoms with van der Waals surface area (Å²) in [4.78, 5) is 0.